The minimum Gasteiger partial charge on any atom is -0.359 e. The Balaban J connectivity index is 2.05. The third-order valence-corrected chi connectivity index (χ3v) is 4.72. The van der Waals surface area contributed by atoms with Crippen LogP contribution in [0.4, 0.5) is 10.1 Å². The van der Waals surface area contributed by atoms with Gasteiger partial charge < -0.3 is 9.80 Å². The molecule has 1 aromatic carbocycles. The molecule has 3 rings (SSSR count). The lowest BCUT2D eigenvalue weighted by Gasteiger charge is -2.35. The lowest BCUT2D eigenvalue weighted by molar-refractivity contribution is 0.392. The summed E-state index contributed by atoms with van der Waals surface area (Å²) >= 11 is 2.10. The lowest BCUT2D eigenvalue weighted by atomic mass is 10.0. The topological polar surface area (TPSA) is 31.2 Å². The highest BCUT2D eigenvalue weighted by Gasteiger charge is 2.27. The van der Waals surface area contributed by atoms with Crippen molar-refractivity contribution < 1.29 is 4.39 Å². The van der Waals surface area contributed by atoms with Crippen LogP contribution in [0.15, 0.2) is 39.6 Å². The van der Waals surface area contributed by atoms with Gasteiger partial charge in [-0.3, -0.25) is 0 Å². The Kier molecular flexibility index (Phi) is 4.20. The largest absolute Gasteiger partial charge is 0.359 e. The van der Waals surface area contributed by atoms with Crippen LogP contribution in [0.3, 0.4) is 0 Å². The van der Waals surface area contributed by atoms with Gasteiger partial charge in [-0.25, -0.2) is 14.4 Å². The molecule has 0 atom stereocenters. The van der Waals surface area contributed by atoms with Crippen LogP contribution >= 0.6 is 22.6 Å². The second-order valence-electron chi connectivity index (χ2n) is 5.64. The number of nitrogens with zero attached hydrogens (tertiary/aromatic N) is 4. The van der Waals surface area contributed by atoms with Gasteiger partial charge in [0.2, 0.25) is 0 Å². The molecule has 0 saturated carbocycles. The van der Waals surface area contributed by atoms with Gasteiger partial charge in [0.25, 0.3) is 0 Å². The Morgan fingerprint density at radius 1 is 1.27 bits per heavy atom. The zero-order valence-corrected chi connectivity index (χ0v) is 15.1. The minimum atomic E-state index is -0.274. The molecule has 0 bridgehead atoms. The quantitative estimate of drug-likeness (QED) is 0.663. The van der Waals surface area contributed by atoms with E-state index in [0.29, 0.717) is 5.69 Å². The monoisotopic (exact) mass is 412 g/mol. The van der Waals surface area contributed by atoms with Crippen LogP contribution in [-0.2, 0) is 0 Å². The molecule has 1 aromatic rings. The summed E-state index contributed by atoms with van der Waals surface area (Å²) < 4.78 is 14.9. The second-order valence-corrected chi connectivity index (χ2v) is 6.89. The molecule has 0 unspecified atom stereocenters. The lowest BCUT2D eigenvalue weighted by Crippen LogP contribution is -2.40. The SMILES string of the molecule is CC1=NC2=C(CN1C)C(=Nc1ccc(I)cc1F)CCN2C. The molecule has 0 spiro atoms. The molecule has 0 fully saturated rings. The summed E-state index contributed by atoms with van der Waals surface area (Å²) in [5, 5.41) is 0. The summed E-state index contributed by atoms with van der Waals surface area (Å²) in [6, 6.07) is 5.13. The zero-order valence-electron chi connectivity index (χ0n) is 12.9. The van der Waals surface area contributed by atoms with Crippen LogP contribution in [0.25, 0.3) is 0 Å². The van der Waals surface area contributed by atoms with Gasteiger partial charge in [0.15, 0.2) is 0 Å². The normalized spacial score (nSPS) is 20.4. The number of likely N-dealkylation sites (N-methyl/N-ethyl adjacent to an activating group) is 1. The zero-order chi connectivity index (χ0) is 15.9. The van der Waals surface area contributed by atoms with Crippen LogP contribution in [0.1, 0.15) is 13.3 Å². The number of rotatable bonds is 1. The van der Waals surface area contributed by atoms with Gasteiger partial charge in [-0.05, 0) is 47.7 Å². The molecule has 2 heterocycles. The molecule has 0 amide bonds. The smallest absolute Gasteiger partial charge is 0.149 e. The molecule has 0 aromatic heterocycles. The van der Waals surface area contributed by atoms with Crippen LogP contribution in [0.2, 0.25) is 0 Å². The van der Waals surface area contributed by atoms with Crippen LogP contribution in [0, 0.1) is 9.39 Å². The number of aliphatic imine (C=N–C) groups is 2. The number of halogens is 2. The molecule has 2 aliphatic heterocycles. The van der Waals surface area contributed by atoms with E-state index in [4.69, 9.17) is 0 Å². The number of benzene rings is 1. The average molecular weight is 412 g/mol. The van der Waals surface area contributed by atoms with Crippen LogP contribution in [-0.4, -0.2) is 48.5 Å². The van der Waals surface area contributed by atoms with E-state index in [1.807, 2.05) is 27.1 Å². The molecule has 6 heteroatoms. The van der Waals surface area contributed by atoms with E-state index < -0.39 is 0 Å². The minimum absolute atomic E-state index is 0.274. The van der Waals surface area contributed by atoms with Gasteiger partial charge in [-0.1, -0.05) is 0 Å². The first-order chi connectivity index (χ1) is 10.5. The van der Waals surface area contributed by atoms with Crippen molar-refractivity contribution in [3.63, 3.8) is 0 Å². The maximum absolute atomic E-state index is 14.1. The third kappa shape index (κ3) is 2.88. The number of amidine groups is 1. The molecular weight excluding hydrogens is 394 g/mol. The molecule has 22 heavy (non-hydrogen) atoms. The molecule has 0 saturated heterocycles. The summed E-state index contributed by atoms with van der Waals surface area (Å²) in [7, 11) is 4.06. The van der Waals surface area contributed by atoms with Crippen molar-refractivity contribution in [1.29, 1.82) is 0 Å². The third-order valence-electron chi connectivity index (χ3n) is 4.04. The van der Waals surface area contributed by atoms with Crippen molar-refractivity contribution in [2.45, 2.75) is 13.3 Å². The van der Waals surface area contributed by atoms with Crippen molar-refractivity contribution in [3.05, 3.63) is 39.0 Å². The van der Waals surface area contributed by atoms with Gasteiger partial charge in [0, 0.05) is 42.7 Å². The molecule has 116 valence electrons. The molecular formula is C16H18FIN4. The van der Waals surface area contributed by atoms with E-state index >= 15 is 0 Å². The van der Waals surface area contributed by atoms with Crippen molar-refractivity contribution in [2.24, 2.45) is 9.98 Å². The first-order valence-corrected chi connectivity index (χ1v) is 8.27. The Labute approximate surface area is 143 Å². The van der Waals surface area contributed by atoms with Gasteiger partial charge >= 0.3 is 0 Å². The molecule has 0 radical (unpaired) electrons. The maximum atomic E-state index is 14.1. The van der Waals surface area contributed by atoms with Crippen molar-refractivity contribution in [3.8, 4) is 0 Å². The molecule has 4 nitrogen and oxygen atoms in total. The highest BCUT2D eigenvalue weighted by Crippen LogP contribution is 2.28. The number of hydrogen-bond acceptors (Lipinski definition) is 4. The molecule has 0 aliphatic carbocycles. The van der Waals surface area contributed by atoms with Crippen molar-refractivity contribution >= 4 is 39.8 Å². The first-order valence-electron chi connectivity index (χ1n) is 7.19. The predicted molar refractivity (Wildman–Crippen MR) is 96.2 cm³/mol. The highest BCUT2D eigenvalue weighted by atomic mass is 127. The molecule has 2 aliphatic rings. The summed E-state index contributed by atoms with van der Waals surface area (Å²) in [5.74, 6) is 1.68. The van der Waals surface area contributed by atoms with E-state index in [0.717, 1.165) is 46.0 Å². The van der Waals surface area contributed by atoms with Gasteiger partial charge in [0.1, 0.15) is 17.5 Å². The van der Waals surface area contributed by atoms with E-state index in [9.17, 15) is 4.39 Å². The standard InChI is InChI=1S/C16H18FIN4/c1-10-19-16-12(9-22(10)3)14(6-7-21(16)2)20-15-5-4-11(18)8-13(15)17/h4-5,8H,6-7,9H2,1-3H3. The summed E-state index contributed by atoms with van der Waals surface area (Å²) in [5.41, 5.74) is 2.44. The Morgan fingerprint density at radius 3 is 2.77 bits per heavy atom. The maximum Gasteiger partial charge on any atom is 0.149 e. The average Bonchev–Trinajstić information content (AvgIpc) is 2.47. The van der Waals surface area contributed by atoms with E-state index in [1.54, 1.807) is 6.07 Å². The van der Waals surface area contributed by atoms with E-state index in [1.165, 1.54) is 6.07 Å². The Morgan fingerprint density at radius 2 is 2.05 bits per heavy atom. The molecule has 0 N–H and O–H groups in total. The van der Waals surface area contributed by atoms with Crippen LogP contribution < -0.4 is 0 Å². The first kappa shape index (κ1) is 15.5. The predicted octanol–water partition coefficient (Wildman–Crippen LogP) is 3.41. The van der Waals surface area contributed by atoms with Crippen molar-refractivity contribution in [1.82, 2.24) is 9.80 Å². The number of hydrogen-bond donors (Lipinski definition) is 0. The van der Waals surface area contributed by atoms with Gasteiger partial charge in [0.05, 0.1) is 11.4 Å². The summed E-state index contributed by atoms with van der Waals surface area (Å²) in [4.78, 5) is 13.5. The fraction of sp³-hybridized carbons (Fsp3) is 0.375. The Bertz CT molecular complexity index is 708. The second kappa shape index (κ2) is 5.98. The van der Waals surface area contributed by atoms with E-state index in [2.05, 4.69) is 42.4 Å². The van der Waals surface area contributed by atoms with E-state index in [-0.39, 0.29) is 5.82 Å². The summed E-state index contributed by atoms with van der Waals surface area (Å²) in [6.45, 7) is 3.62. The van der Waals surface area contributed by atoms with Gasteiger partial charge in [-0.2, -0.15) is 0 Å². The van der Waals surface area contributed by atoms with Crippen molar-refractivity contribution in [2.75, 3.05) is 27.2 Å². The van der Waals surface area contributed by atoms with Crippen LogP contribution in [0.5, 0.6) is 0 Å². The Hall–Kier alpha value is -1.44. The fourth-order valence-electron chi connectivity index (χ4n) is 2.64. The fourth-order valence-corrected chi connectivity index (χ4v) is 3.09. The summed E-state index contributed by atoms with van der Waals surface area (Å²) in [6.07, 6.45) is 0.809. The highest BCUT2D eigenvalue weighted by molar-refractivity contribution is 14.1. The van der Waals surface area contributed by atoms with Gasteiger partial charge in [-0.15, -0.1) is 0 Å².